The Morgan fingerprint density at radius 3 is 2.48 bits per heavy atom. The molecule has 166 valence electrons. The van der Waals surface area contributed by atoms with Gasteiger partial charge in [0.05, 0.1) is 12.6 Å². The molecule has 1 unspecified atom stereocenters. The van der Waals surface area contributed by atoms with Crippen LogP contribution in [-0.2, 0) is 16.0 Å². The van der Waals surface area contributed by atoms with Crippen molar-refractivity contribution in [1.29, 1.82) is 0 Å². The fraction of sp³-hybridized carbons (Fsp3) is 0.286. The van der Waals surface area contributed by atoms with Gasteiger partial charge in [0.15, 0.2) is 0 Å². The van der Waals surface area contributed by atoms with Gasteiger partial charge in [-0.05, 0) is 33.9 Å². The van der Waals surface area contributed by atoms with Crippen LogP contribution >= 0.6 is 0 Å². The number of para-hydroxylation sites is 1. The quantitative estimate of drug-likeness (QED) is 0.507. The Bertz CT molecular complexity index is 1400. The highest BCUT2D eigenvalue weighted by atomic mass is 16.2. The van der Waals surface area contributed by atoms with E-state index in [1.807, 2.05) is 35.2 Å². The van der Waals surface area contributed by atoms with Crippen molar-refractivity contribution in [2.24, 2.45) is 5.92 Å². The summed E-state index contributed by atoms with van der Waals surface area (Å²) in [6.45, 7) is 4.92. The zero-order valence-corrected chi connectivity index (χ0v) is 18.9. The van der Waals surface area contributed by atoms with Gasteiger partial charge in [0, 0.05) is 29.6 Å². The Labute approximate surface area is 193 Å². The molecule has 5 nitrogen and oxygen atoms in total. The van der Waals surface area contributed by atoms with Crippen molar-refractivity contribution in [2.75, 3.05) is 13.1 Å². The molecule has 0 bridgehead atoms. The summed E-state index contributed by atoms with van der Waals surface area (Å²) in [4.78, 5) is 34.5. The van der Waals surface area contributed by atoms with Crippen LogP contribution in [-0.4, -0.2) is 45.7 Å². The molecular weight excluding hydrogens is 410 g/mol. The molecule has 1 N–H and O–H groups in total. The second kappa shape index (κ2) is 7.48. The van der Waals surface area contributed by atoms with Crippen molar-refractivity contribution in [1.82, 2.24) is 14.8 Å². The SMILES string of the molecule is CC(C)CN1CC(=O)N2C(c3cccc4ccccc34)c3[nH]c4ccccc4c3C[C@H]2C1=O. The van der Waals surface area contributed by atoms with Gasteiger partial charge in [-0.2, -0.15) is 0 Å². The molecule has 5 heteroatoms. The maximum atomic E-state index is 13.7. The van der Waals surface area contributed by atoms with E-state index in [1.165, 1.54) is 0 Å². The van der Waals surface area contributed by atoms with Crippen molar-refractivity contribution in [2.45, 2.75) is 32.4 Å². The van der Waals surface area contributed by atoms with Crippen molar-refractivity contribution in [3.63, 3.8) is 0 Å². The summed E-state index contributed by atoms with van der Waals surface area (Å²) in [5.41, 5.74) is 4.29. The summed E-state index contributed by atoms with van der Waals surface area (Å²) in [6, 6.07) is 21.9. The lowest BCUT2D eigenvalue weighted by molar-refractivity contribution is -0.159. The Morgan fingerprint density at radius 1 is 0.939 bits per heavy atom. The van der Waals surface area contributed by atoms with Crippen LogP contribution in [0.3, 0.4) is 0 Å². The van der Waals surface area contributed by atoms with E-state index in [2.05, 4.69) is 55.2 Å². The number of carbonyl (C=O) groups is 2. The van der Waals surface area contributed by atoms with E-state index in [-0.39, 0.29) is 24.4 Å². The highest BCUT2D eigenvalue weighted by molar-refractivity contribution is 5.98. The number of fused-ring (bicyclic) bond motifs is 5. The monoisotopic (exact) mass is 437 g/mol. The summed E-state index contributed by atoms with van der Waals surface area (Å²) < 4.78 is 0. The van der Waals surface area contributed by atoms with Crippen molar-refractivity contribution in [3.05, 3.63) is 83.6 Å². The van der Waals surface area contributed by atoms with Crippen molar-refractivity contribution in [3.8, 4) is 0 Å². The van der Waals surface area contributed by atoms with Crippen LogP contribution in [0.4, 0.5) is 0 Å². The highest BCUT2D eigenvalue weighted by Gasteiger charge is 2.48. The minimum atomic E-state index is -0.485. The van der Waals surface area contributed by atoms with E-state index in [0.717, 1.165) is 38.5 Å². The number of aromatic amines is 1. The second-order valence-electron chi connectivity index (χ2n) is 9.67. The van der Waals surface area contributed by atoms with Crippen LogP contribution in [0.25, 0.3) is 21.7 Å². The van der Waals surface area contributed by atoms with Gasteiger partial charge in [0.25, 0.3) is 0 Å². The fourth-order valence-corrected chi connectivity index (χ4v) is 5.73. The molecule has 3 aromatic carbocycles. The number of piperazine rings is 1. The van der Waals surface area contributed by atoms with Crippen LogP contribution in [0.15, 0.2) is 66.7 Å². The van der Waals surface area contributed by atoms with Gasteiger partial charge >= 0.3 is 0 Å². The number of aromatic nitrogens is 1. The van der Waals surface area contributed by atoms with Crippen LogP contribution < -0.4 is 0 Å². The Morgan fingerprint density at radius 2 is 1.67 bits per heavy atom. The second-order valence-corrected chi connectivity index (χ2v) is 9.67. The molecule has 1 saturated heterocycles. The number of H-pyrrole nitrogens is 1. The van der Waals surface area contributed by atoms with E-state index in [4.69, 9.17) is 0 Å². The van der Waals surface area contributed by atoms with Gasteiger partial charge in [-0.1, -0.05) is 74.5 Å². The number of benzene rings is 3. The standard InChI is InChI=1S/C28H27N3O2/c1-17(2)15-30-16-25(32)31-24(28(30)33)14-22-20-11-5-6-13-23(20)29-26(22)27(31)21-12-7-9-18-8-3-4-10-19(18)21/h3-13,17,24,27,29H,14-16H2,1-2H3/t24-,27?/m0/s1. The van der Waals surface area contributed by atoms with Crippen molar-refractivity contribution >= 4 is 33.5 Å². The number of nitrogens with one attached hydrogen (secondary N) is 1. The maximum absolute atomic E-state index is 13.7. The van der Waals surface area contributed by atoms with E-state index in [9.17, 15) is 9.59 Å². The fourth-order valence-electron chi connectivity index (χ4n) is 5.73. The molecule has 0 radical (unpaired) electrons. The molecular formula is C28H27N3O2. The first-order valence-electron chi connectivity index (χ1n) is 11.7. The van der Waals surface area contributed by atoms with Crippen molar-refractivity contribution < 1.29 is 9.59 Å². The lowest BCUT2D eigenvalue weighted by Gasteiger charge is -2.47. The van der Waals surface area contributed by atoms with E-state index < -0.39 is 6.04 Å². The number of nitrogens with zero attached hydrogens (tertiary/aromatic N) is 2. The molecule has 0 saturated carbocycles. The topological polar surface area (TPSA) is 56.4 Å². The first kappa shape index (κ1) is 20.0. The number of carbonyl (C=O) groups excluding carboxylic acids is 2. The summed E-state index contributed by atoms with van der Waals surface area (Å²) in [6.07, 6.45) is 0.541. The first-order chi connectivity index (χ1) is 16.0. The molecule has 2 amide bonds. The molecule has 6 rings (SSSR count). The van der Waals surface area contributed by atoms with Crippen LogP contribution in [0.5, 0.6) is 0 Å². The number of rotatable bonds is 3. The zero-order valence-electron chi connectivity index (χ0n) is 18.9. The van der Waals surface area contributed by atoms with Gasteiger partial charge in [-0.3, -0.25) is 9.59 Å². The first-order valence-corrected chi connectivity index (χ1v) is 11.7. The van der Waals surface area contributed by atoms with E-state index >= 15 is 0 Å². The zero-order chi connectivity index (χ0) is 22.7. The Kier molecular flexibility index (Phi) is 4.54. The van der Waals surface area contributed by atoms with Gasteiger partial charge in [-0.25, -0.2) is 0 Å². The minimum Gasteiger partial charge on any atom is -0.356 e. The number of hydrogen-bond donors (Lipinski definition) is 1. The normalized spacial score (nSPS) is 20.6. The molecule has 2 aliphatic heterocycles. The molecule has 33 heavy (non-hydrogen) atoms. The van der Waals surface area contributed by atoms with E-state index in [1.54, 1.807) is 4.90 Å². The summed E-state index contributed by atoms with van der Waals surface area (Å²) in [5.74, 6) is 0.390. The molecule has 4 aromatic rings. The third-order valence-corrected chi connectivity index (χ3v) is 7.05. The molecule has 3 heterocycles. The van der Waals surface area contributed by atoms with Gasteiger partial charge in [0.2, 0.25) is 11.8 Å². The Balaban J connectivity index is 1.59. The number of amides is 2. The summed E-state index contributed by atoms with van der Waals surface area (Å²) >= 11 is 0. The molecule has 1 aromatic heterocycles. The van der Waals surface area contributed by atoms with Gasteiger partial charge < -0.3 is 14.8 Å². The summed E-state index contributed by atoms with van der Waals surface area (Å²) in [5, 5.41) is 3.38. The van der Waals surface area contributed by atoms with Crippen LogP contribution in [0.2, 0.25) is 0 Å². The lowest BCUT2D eigenvalue weighted by Crippen LogP contribution is -2.63. The molecule has 2 atom stereocenters. The lowest BCUT2D eigenvalue weighted by atomic mass is 9.84. The largest absolute Gasteiger partial charge is 0.356 e. The predicted molar refractivity (Wildman–Crippen MR) is 130 cm³/mol. The molecule has 1 fully saturated rings. The molecule has 2 aliphatic rings. The third kappa shape index (κ3) is 3.06. The summed E-state index contributed by atoms with van der Waals surface area (Å²) in [7, 11) is 0. The Hall–Kier alpha value is -3.60. The average Bonchev–Trinajstić information content (AvgIpc) is 3.19. The molecule has 0 aliphatic carbocycles. The molecule has 0 spiro atoms. The average molecular weight is 438 g/mol. The van der Waals surface area contributed by atoms with Gasteiger partial charge in [0.1, 0.15) is 6.04 Å². The third-order valence-electron chi connectivity index (χ3n) is 7.05. The highest BCUT2D eigenvalue weighted by Crippen LogP contribution is 2.44. The minimum absolute atomic E-state index is 0.0162. The van der Waals surface area contributed by atoms with Crippen LogP contribution in [0, 0.1) is 5.92 Å². The smallest absolute Gasteiger partial charge is 0.246 e. The van der Waals surface area contributed by atoms with Crippen LogP contribution in [0.1, 0.15) is 36.7 Å². The van der Waals surface area contributed by atoms with Gasteiger partial charge in [-0.15, -0.1) is 0 Å². The van der Waals surface area contributed by atoms with E-state index in [0.29, 0.717) is 18.9 Å². The maximum Gasteiger partial charge on any atom is 0.246 e. The number of hydrogen-bond acceptors (Lipinski definition) is 2. The predicted octanol–water partition coefficient (Wildman–Crippen LogP) is 4.66.